The molecular formula is C20H37N5O5S. The Bertz CT molecular complexity index is 752. The van der Waals surface area contributed by atoms with Crippen LogP contribution in [0.3, 0.4) is 0 Å². The van der Waals surface area contributed by atoms with Gasteiger partial charge < -0.3 is 19.4 Å². The number of piperidine rings is 1. The first-order valence-corrected chi connectivity index (χ1v) is 12.6. The Morgan fingerprint density at radius 2 is 1.39 bits per heavy atom. The largest absolute Gasteiger partial charge is 0.444 e. The fraction of sp³-hybridized carbons (Fsp3) is 0.900. The molecule has 0 spiro atoms. The Kier molecular flexibility index (Phi) is 7.50. The number of amides is 2. The lowest BCUT2D eigenvalue weighted by Crippen LogP contribution is -2.58. The maximum atomic E-state index is 13.1. The number of likely N-dealkylation sites (N-methyl/N-ethyl adjacent to an activating group) is 1. The molecule has 0 radical (unpaired) electrons. The molecule has 0 aromatic heterocycles. The third-order valence-electron chi connectivity index (χ3n) is 6.09. The standard InChI is InChI=1S/C20H37N5O5S/c1-20(2,3)30-19(27)23-7-5-6-17(16-23)18(26)22-10-14-25(15-11-22)31(28,29)24-12-8-21(4)9-13-24/h17H,5-16H2,1-4H3. The molecule has 3 aliphatic rings. The number of ether oxygens (including phenoxy) is 1. The van der Waals surface area contributed by atoms with Crippen LogP contribution in [0.5, 0.6) is 0 Å². The molecule has 3 aliphatic heterocycles. The van der Waals surface area contributed by atoms with Crippen molar-refractivity contribution in [3.8, 4) is 0 Å². The van der Waals surface area contributed by atoms with Gasteiger partial charge in [0, 0.05) is 65.4 Å². The molecule has 1 unspecified atom stereocenters. The van der Waals surface area contributed by atoms with Crippen molar-refractivity contribution in [1.82, 2.24) is 23.3 Å². The van der Waals surface area contributed by atoms with Crippen LogP contribution in [0.25, 0.3) is 0 Å². The highest BCUT2D eigenvalue weighted by Gasteiger charge is 2.37. The first-order valence-electron chi connectivity index (χ1n) is 11.2. The second kappa shape index (κ2) is 9.60. The molecule has 1 atom stereocenters. The normalized spacial score (nSPS) is 25.5. The summed E-state index contributed by atoms with van der Waals surface area (Å²) in [5.74, 6) is -0.257. The monoisotopic (exact) mass is 459 g/mol. The molecule has 3 saturated heterocycles. The fourth-order valence-electron chi connectivity index (χ4n) is 4.25. The Hall–Kier alpha value is -1.43. The molecule has 0 bridgehead atoms. The summed E-state index contributed by atoms with van der Waals surface area (Å²) in [7, 11) is -1.50. The summed E-state index contributed by atoms with van der Waals surface area (Å²) in [5, 5.41) is 0. The van der Waals surface area contributed by atoms with Crippen LogP contribution in [0.15, 0.2) is 0 Å². The van der Waals surface area contributed by atoms with Crippen molar-refractivity contribution in [2.45, 2.75) is 39.2 Å². The molecule has 178 valence electrons. The third kappa shape index (κ3) is 6.09. The van der Waals surface area contributed by atoms with Crippen LogP contribution >= 0.6 is 0 Å². The number of piperazine rings is 2. The molecule has 3 heterocycles. The molecule has 0 aromatic rings. The van der Waals surface area contributed by atoms with Gasteiger partial charge in [-0.25, -0.2) is 4.79 Å². The lowest BCUT2D eigenvalue weighted by molar-refractivity contribution is -0.138. The van der Waals surface area contributed by atoms with Gasteiger partial charge >= 0.3 is 6.09 Å². The van der Waals surface area contributed by atoms with Crippen molar-refractivity contribution in [2.24, 2.45) is 5.92 Å². The second-order valence-corrected chi connectivity index (χ2v) is 11.6. The van der Waals surface area contributed by atoms with Gasteiger partial charge in [0.25, 0.3) is 10.2 Å². The predicted molar refractivity (Wildman–Crippen MR) is 117 cm³/mol. The summed E-state index contributed by atoms with van der Waals surface area (Å²) in [6.07, 6.45) is 1.11. The predicted octanol–water partition coefficient (Wildman–Crippen LogP) is 0.270. The summed E-state index contributed by atoms with van der Waals surface area (Å²) < 4.78 is 34.3. The topological polar surface area (TPSA) is 93.7 Å². The zero-order valence-electron chi connectivity index (χ0n) is 19.2. The molecule has 0 aromatic carbocycles. The van der Waals surface area contributed by atoms with Gasteiger partial charge in [-0.15, -0.1) is 0 Å². The van der Waals surface area contributed by atoms with Gasteiger partial charge in [0.2, 0.25) is 5.91 Å². The van der Waals surface area contributed by atoms with E-state index in [9.17, 15) is 18.0 Å². The molecule has 3 rings (SSSR count). The number of rotatable bonds is 3. The van der Waals surface area contributed by atoms with E-state index >= 15 is 0 Å². The minimum atomic E-state index is -3.49. The van der Waals surface area contributed by atoms with Crippen LogP contribution in [0.2, 0.25) is 0 Å². The minimum Gasteiger partial charge on any atom is -0.444 e. The maximum Gasteiger partial charge on any atom is 0.410 e. The molecule has 31 heavy (non-hydrogen) atoms. The van der Waals surface area contributed by atoms with Crippen LogP contribution < -0.4 is 0 Å². The first-order chi connectivity index (χ1) is 14.5. The Balaban J connectivity index is 1.52. The SMILES string of the molecule is CN1CCN(S(=O)(=O)N2CCN(C(=O)C3CCCN(C(=O)OC(C)(C)C)C3)CC2)CC1. The zero-order chi connectivity index (χ0) is 22.8. The molecule has 0 aliphatic carbocycles. The van der Waals surface area contributed by atoms with Crippen LogP contribution in [-0.2, 0) is 19.7 Å². The zero-order valence-corrected chi connectivity index (χ0v) is 20.1. The molecule has 10 nitrogen and oxygen atoms in total. The minimum absolute atomic E-state index is 0.00454. The summed E-state index contributed by atoms with van der Waals surface area (Å²) in [6, 6.07) is 0. The van der Waals surface area contributed by atoms with E-state index in [4.69, 9.17) is 4.74 Å². The van der Waals surface area contributed by atoms with Gasteiger partial charge in [-0.2, -0.15) is 17.0 Å². The van der Waals surface area contributed by atoms with E-state index in [1.807, 2.05) is 27.8 Å². The molecule has 2 amide bonds. The van der Waals surface area contributed by atoms with E-state index in [1.165, 1.54) is 4.31 Å². The summed E-state index contributed by atoms with van der Waals surface area (Å²) in [5.41, 5.74) is -0.570. The number of hydrogen-bond donors (Lipinski definition) is 0. The van der Waals surface area contributed by atoms with E-state index in [1.54, 1.807) is 14.1 Å². The smallest absolute Gasteiger partial charge is 0.410 e. The Morgan fingerprint density at radius 3 is 1.94 bits per heavy atom. The van der Waals surface area contributed by atoms with Crippen molar-refractivity contribution in [2.75, 3.05) is 72.5 Å². The third-order valence-corrected chi connectivity index (χ3v) is 8.12. The Morgan fingerprint density at radius 1 is 0.839 bits per heavy atom. The summed E-state index contributed by atoms with van der Waals surface area (Å²) >= 11 is 0. The number of hydrogen-bond acceptors (Lipinski definition) is 6. The Labute approximate surface area is 186 Å². The van der Waals surface area contributed by atoms with Gasteiger partial charge in [-0.3, -0.25) is 4.79 Å². The molecular weight excluding hydrogens is 422 g/mol. The lowest BCUT2D eigenvalue weighted by Gasteiger charge is -2.40. The van der Waals surface area contributed by atoms with E-state index in [-0.39, 0.29) is 17.9 Å². The van der Waals surface area contributed by atoms with E-state index in [0.29, 0.717) is 52.4 Å². The van der Waals surface area contributed by atoms with Crippen molar-refractivity contribution in [3.63, 3.8) is 0 Å². The van der Waals surface area contributed by atoms with Crippen LogP contribution in [-0.4, -0.2) is 122 Å². The maximum absolute atomic E-state index is 13.1. The first kappa shape index (κ1) is 24.2. The fourth-order valence-corrected chi connectivity index (χ4v) is 5.83. The molecule has 3 fully saturated rings. The highest BCUT2D eigenvalue weighted by molar-refractivity contribution is 7.86. The highest BCUT2D eigenvalue weighted by Crippen LogP contribution is 2.23. The summed E-state index contributed by atoms with van der Waals surface area (Å²) in [4.78, 5) is 30.9. The van der Waals surface area contributed by atoms with Crippen molar-refractivity contribution < 1.29 is 22.7 Å². The van der Waals surface area contributed by atoms with Crippen molar-refractivity contribution >= 4 is 22.2 Å². The second-order valence-electron chi connectivity index (χ2n) is 9.70. The van der Waals surface area contributed by atoms with E-state index < -0.39 is 15.8 Å². The number of carbonyl (C=O) groups is 2. The van der Waals surface area contributed by atoms with Crippen LogP contribution in [0.4, 0.5) is 4.79 Å². The summed E-state index contributed by atoms with van der Waals surface area (Å²) in [6.45, 7) is 10.3. The molecule has 0 N–H and O–H groups in total. The van der Waals surface area contributed by atoms with Gasteiger partial charge in [0.05, 0.1) is 5.92 Å². The van der Waals surface area contributed by atoms with Gasteiger partial charge in [0.1, 0.15) is 5.60 Å². The average molecular weight is 460 g/mol. The van der Waals surface area contributed by atoms with Crippen molar-refractivity contribution in [1.29, 1.82) is 0 Å². The van der Waals surface area contributed by atoms with Crippen LogP contribution in [0.1, 0.15) is 33.6 Å². The highest BCUT2D eigenvalue weighted by atomic mass is 32.2. The van der Waals surface area contributed by atoms with E-state index in [2.05, 4.69) is 4.90 Å². The number of carbonyl (C=O) groups excluding carboxylic acids is 2. The van der Waals surface area contributed by atoms with Gasteiger partial charge in [0.15, 0.2) is 0 Å². The quantitative estimate of drug-likeness (QED) is 0.601. The van der Waals surface area contributed by atoms with Crippen LogP contribution in [0, 0.1) is 5.92 Å². The van der Waals surface area contributed by atoms with Gasteiger partial charge in [-0.05, 0) is 40.7 Å². The molecule has 0 saturated carbocycles. The number of nitrogens with zero attached hydrogens (tertiary/aromatic N) is 5. The lowest BCUT2D eigenvalue weighted by atomic mass is 9.96. The number of likely N-dealkylation sites (tertiary alicyclic amines) is 1. The average Bonchev–Trinajstić information content (AvgIpc) is 2.72. The van der Waals surface area contributed by atoms with Gasteiger partial charge in [-0.1, -0.05) is 0 Å². The van der Waals surface area contributed by atoms with E-state index in [0.717, 1.165) is 25.9 Å². The van der Waals surface area contributed by atoms with Crippen molar-refractivity contribution in [3.05, 3.63) is 0 Å². The molecule has 11 heteroatoms.